The molecule has 20 heavy (non-hydrogen) atoms. The van der Waals surface area contributed by atoms with Crippen LogP contribution in [0, 0.1) is 11.8 Å². The Labute approximate surface area is 129 Å². The van der Waals surface area contributed by atoms with E-state index < -0.39 is 6.04 Å². The molecule has 1 saturated heterocycles. The molecule has 5 nitrogen and oxygen atoms in total. The average Bonchev–Trinajstić information content (AvgIpc) is 2.34. The van der Waals surface area contributed by atoms with Crippen LogP contribution < -0.4 is 11.1 Å². The summed E-state index contributed by atoms with van der Waals surface area (Å²) in [5, 5.41) is 2.89. The molecule has 1 amide bonds. The summed E-state index contributed by atoms with van der Waals surface area (Å²) < 4.78 is 5.68. The number of nitrogens with one attached hydrogen (secondary N) is 1. The maximum Gasteiger partial charge on any atom is 0.237 e. The Bertz CT molecular complexity index is 288. The van der Waals surface area contributed by atoms with E-state index in [1.807, 2.05) is 13.8 Å². The van der Waals surface area contributed by atoms with Gasteiger partial charge in [0.1, 0.15) is 0 Å². The van der Waals surface area contributed by atoms with E-state index in [1.54, 1.807) is 0 Å². The van der Waals surface area contributed by atoms with Crippen molar-refractivity contribution in [2.75, 3.05) is 32.8 Å². The second kappa shape index (κ2) is 9.55. The van der Waals surface area contributed by atoms with E-state index >= 15 is 0 Å². The summed E-state index contributed by atoms with van der Waals surface area (Å²) in [7, 11) is 0. The van der Waals surface area contributed by atoms with Crippen molar-refractivity contribution in [2.24, 2.45) is 17.6 Å². The van der Waals surface area contributed by atoms with Gasteiger partial charge in [-0.05, 0) is 11.8 Å². The molecule has 0 aliphatic carbocycles. The van der Waals surface area contributed by atoms with Crippen LogP contribution in [0.2, 0.25) is 0 Å². The van der Waals surface area contributed by atoms with Gasteiger partial charge in [0.2, 0.25) is 5.91 Å². The maximum atomic E-state index is 11.8. The number of ether oxygens (including phenoxy) is 1. The lowest BCUT2D eigenvalue weighted by atomic mass is 10.1. The van der Waals surface area contributed by atoms with E-state index in [9.17, 15) is 4.79 Å². The van der Waals surface area contributed by atoms with Gasteiger partial charge < -0.3 is 15.8 Å². The van der Waals surface area contributed by atoms with Gasteiger partial charge in [-0.15, -0.1) is 12.4 Å². The molecule has 3 N–H and O–H groups in total. The Hall–Kier alpha value is -0.360. The highest BCUT2D eigenvalue weighted by atomic mass is 35.5. The topological polar surface area (TPSA) is 67.6 Å². The van der Waals surface area contributed by atoms with Crippen molar-refractivity contribution in [1.29, 1.82) is 0 Å². The second-order valence-electron chi connectivity index (χ2n) is 6.16. The van der Waals surface area contributed by atoms with E-state index in [4.69, 9.17) is 10.5 Å². The fraction of sp³-hybridized carbons (Fsp3) is 0.929. The Balaban J connectivity index is 0.00000361. The molecule has 0 aromatic carbocycles. The number of nitrogens with zero attached hydrogens (tertiary/aromatic N) is 1. The molecule has 1 unspecified atom stereocenters. The molecule has 1 aliphatic heterocycles. The summed E-state index contributed by atoms with van der Waals surface area (Å²) in [5.74, 6) is 0.729. The van der Waals surface area contributed by atoms with Crippen molar-refractivity contribution in [3.63, 3.8) is 0 Å². The van der Waals surface area contributed by atoms with Gasteiger partial charge in [-0.2, -0.15) is 0 Å². The lowest BCUT2D eigenvalue weighted by molar-refractivity contribution is -0.124. The van der Waals surface area contributed by atoms with Crippen molar-refractivity contribution in [3.8, 4) is 0 Å². The van der Waals surface area contributed by atoms with Crippen molar-refractivity contribution >= 4 is 18.3 Å². The molecule has 0 aromatic heterocycles. The standard InChI is InChI=1S/C14H29N3O2.ClH/c1-10(2)8-17-5-6-19-12(9-17)7-16-14(18)13(15)11(3)4;/h10-13H,5-9,15H2,1-4H3,(H,16,18);1H/t12?,13-;/m0./s1. The number of hydrogen-bond donors (Lipinski definition) is 2. The minimum atomic E-state index is -0.435. The summed E-state index contributed by atoms with van der Waals surface area (Å²) in [6.45, 7) is 12.6. The molecule has 1 heterocycles. The van der Waals surface area contributed by atoms with Crippen molar-refractivity contribution in [2.45, 2.75) is 39.8 Å². The van der Waals surface area contributed by atoms with Crippen LogP contribution in [0.4, 0.5) is 0 Å². The van der Waals surface area contributed by atoms with Gasteiger partial charge in [0.05, 0.1) is 18.8 Å². The van der Waals surface area contributed by atoms with Gasteiger partial charge >= 0.3 is 0 Å². The Morgan fingerprint density at radius 2 is 2.05 bits per heavy atom. The molecule has 2 atom stereocenters. The largest absolute Gasteiger partial charge is 0.374 e. The number of morpholine rings is 1. The number of halogens is 1. The SMILES string of the molecule is CC(C)CN1CCOC(CNC(=O)[C@@H](N)C(C)C)C1.Cl. The number of rotatable bonds is 6. The highest BCUT2D eigenvalue weighted by Gasteiger charge is 2.23. The van der Waals surface area contributed by atoms with Crippen LogP contribution in [0.1, 0.15) is 27.7 Å². The first-order valence-electron chi connectivity index (χ1n) is 7.27. The summed E-state index contributed by atoms with van der Waals surface area (Å²) in [6.07, 6.45) is 0.0795. The van der Waals surface area contributed by atoms with Crippen molar-refractivity contribution in [1.82, 2.24) is 10.2 Å². The average molecular weight is 308 g/mol. The fourth-order valence-electron chi connectivity index (χ4n) is 2.22. The monoisotopic (exact) mass is 307 g/mol. The zero-order chi connectivity index (χ0) is 14.4. The summed E-state index contributed by atoms with van der Waals surface area (Å²) in [5.41, 5.74) is 5.81. The quantitative estimate of drug-likeness (QED) is 0.764. The molecule has 0 saturated carbocycles. The Morgan fingerprint density at radius 3 is 2.60 bits per heavy atom. The highest BCUT2D eigenvalue weighted by molar-refractivity contribution is 5.85. The lowest BCUT2D eigenvalue weighted by Crippen LogP contribution is -2.51. The minimum Gasteiger partial charge on any atom is -0.374 e. The minimum absolute atomic E-state index is 0. The summed E-state index contributed by atoms with van der Waals surface area (Å²) in [6, 6.07) is -0.435. The van der Waals surface area contributed by atoms with E-state index in [0.717, 1.165) is 26.2 Å². The third-order valence-corrected chi connectivity index (χ3v) is 3.37. The Kier molecular flexibility index (Phi) is 9.38. The van der Waals surface area contributed by atoms with Gasteiger partial charge in [0, 0.05) is 26.2 Å². The van der Waals surface area contributed by atoms with Crippen LogP contribution in [-0.2, 0) is 9.53 Å². The van der Waals surface area contributed by atoms with Crippen molar-refractivity contribution < 1.29 is 9.53 Å². The van der Waals surface area contributed by atoms with Gasteiger partial charge in [-0.25, -0.2) is 0 Å². The van der Waals surface area contributed by atoms with Crippen LogP contribution in [0.25, 0.3) is 0 Å². The molecule has 1 fully saturated rings. The molecular weight excluding hydrogens is 278 g/mol. The lowest BCUT2D eigenvalue weighted by Gasteiger charge is -2.34. The zero-order valence-electron chi connectivity index (χ0n) is 13.1. The first-order valence-corrected chi connectivity index (χ1v) is 7.27. The molecule has 1 rings (SSSR count). The maximum absolute atomic E-state index is 11.8. The third kappa shape index (κ3) is 6.88. The zero-order valence-corrected chi connectivity index (χ0v) is 13.9. The fourth-order valence-corrected chi connectivity index (χ4v) is 2.22. The smallest absolute Gasteiger partial charge is 0.237 e. The van der Waals surface area contributed by atoms with Crippen LogP contribution >= 0.6 is 12.4 Å². The molecule has 0 bridgehead atoms. The number of hydrogen-bond acceptors (Lipinski definition) is 4. The molecule has 0 aromatic rings. The van der Waals surface area contributed by atoms with E-state index in [0.29, 0.717) is 12.5 Å². The van der Waals surface area contributed by atoms with E-state index in [2.05, 4.69) is 24.1 Å². The number of nitrogens with two attached hydrogens (primary N) is 1. The first kappa shape index (κ1) is 19.6. The molecule has 1 aliphatic rings. The van der Waals surface area contributed by atoms with Crippen LogP contribution in [0.5, 0.6) is 0 Å². The molecule has 120 valence electrons. The predicted molar refractivity (Wildman–Crippen MR) is 84.1 cm³/mol. The van der Waals surface area contributed by atoms with Gasteiger partial charge in [-0.1, -0.05) is 27.7 Å². The molecular formula is C14H30ClN3O2. The van der Waals surface area contributed by atoms with Crippen LogP contribution in [0.3, 0.4) is 0 Å². The predicted octanol–water partition coefficient (Wildman–Crippen LogP) is 0.865. The number of carbonyl (C=O) groups is 1. The molecule has 0 radical (unpaired) electrons. The van der Waals surface area contributed by atoms with E-state index in [1.165, 1.54) is 0 Å². The van der Waals surface area contributed by atoms with Gasteiger partial charge in [0.25, 0.3) is 0 Å². The third-order valence-electron chi connectivity index (χ3n) is 3.37. The molecule has 6 heteroatoms. The molecule has 0 spiro atoms. The number of amides is 1. The number of carbonyl (C=O) groups excluding carboxylic acids is 1. The second-order valence-corrected chi connectivity index (χ2v) is 6.16. The van der Waals surface area contributed by atoms with Crippen molar-refractivity contribution in [3.05, 3.63) is 0 Å². The van der Waals surface area contributed by atoms with Crippen LogP contribution in [-0.4, -0.2) is 55.7 Å². The highest BCUT2D eigenvalue weighted by Crippen LogP contribution is 2.07. The van der Waals surface area contributed by atoms with Gasteiger partial charge in [0.15, 0.2) is 0 Å². The summed E-state index contributed by atoms with van der Waals surface area (Å²) >= 11 is 0. The first-order chi connectivity index (χ1) is 8.90. The van der Waals surface area contributed by atoms with E-state index in [-0.39, 0.29) is 30.3 Å². The van der Waals surface area contributed by atoms with Crippen LogP contribution in [0.15, 0.2) is 0 Å². The van der Waals surface area contributed by atoms with Gasteiger partial charge in [-0.3, -0.25) is 9.69 Å². The Morgan fingerprint density at radius 1 is 1.40 bits per heavy atom. The normalized spacial score (nSPS) is 21.6. The summed E-state index contributed by atoms with van der Waals surface area (Å²) in [4.78, 5) is 14.2.